The fourth-order valence-corrected chi connectivity index (χ4v) is 2.68. The molecule has 0 aliphatic carbocycles. The van der Waals surface area contributed by atoms with Gasteiger partial charge in [0.15, 0.2) is 0 Å². The lowest BCUT2D eigenvalue weighted by atomic mass is 10.0. The summed E-state index contributed by atoms with van der Waals surface area (Å²) in [4.78, 5) is 8.77. The van der Waals surface area contributed by atoms with Crippen LogP contribution in [0.3, 0.4) is 0 Å². The number of hydrogen-bond acceptors (Lipinski definition) is 8. The Morgan fingerprint density at radius 2 is 2.13 bits per heavy atom. The van der Waals surface area contributed by atoms with Crippen LogP contribution >= 0.6 is 0 Å². The van der Waals surface area contributed by atoms with Crippen molar-refractivity contribution in [3.05, 3.63) is 11.8 Å². The molecule has 1 aliphatic rings. The normalized spacial score (nSPS) is 18.1. The van der Waals surface area contributed by atoms with E-state index in [2.05, 4.69) is 25.3 Å². The number of aromatic nitrogens is 2. The van der Waals surface area contributed by atoms with E-state index in [9.17, 15) is 8.42 Å². The summed E-state index contributed by atoms with van der Waals surface area (Å²) in [5, 5.41) is 14.9. The van der Waals surface area contributed by atoms with Crippen molar-refractivity contribution in [2.45, 2.75) is 12.3 Å². The van der Waals surface area contributed by atoms with Crippen molar-refractivity contribution in [3.8, 4) is 0 Å². The Bertz CT molecular complexity index is 604. The van der Waals surface area contributed by atoms with Gasteiger partial charge in [0.05, 0.1) is 25.2 Å². The highest BCUT2D eigenvalue weighted by molar-refractivity contribution is 7.88. The molecule has 0 radical (unpaired) electrons. The van der Waals surface area contributed by atoms with Gasteiger partial charge < -0.3 is 20.5 Å². The number of anilines is 2. The quantitative estimate of drug-likeness (QED) is 0.435. The predicted octanol–water partition coefficient (Wildman–Crippen LogP) is -0.654. The van der Waals surface area contributed by atoms with Crippen LogP contribution in [-0.2, 0) is 14.8 Å². The van der Waals surface area contributed by atoms with Crippen LogP contribution in [0.4, 0.5) is 11.8 Å². The molecule has 9 nitrogen and oxygen atoms in total. The monoisotopic (exact) mass is 345 g/mol. The Kier molecular flexibility index (Phi) is 6.51. The second-order valence-corrected chi connectivity index (χ2v) is 7.14. The highest BCUT2D eigenvalue weighted by atomic mass is 32.2. The Labute approximate surface area is 135 Å². The highest BCUT2D eigenvalue weighted by Crippen LogP contribution is 2.25. The zero-order chi connectivity index (χ0) is 16.7. The lowest BCUT2D eigenvalue weighted by Crippen LogP contribution is -2.28. The van der Waals surface area contributed by atoms with Crippen molar-refractivity contribution in [1.29, 1.82) is 0 Å². The van der Waals surface area contributed by atoms with Crippen molar-refractivity contribution in [3.63, 3.8) is 0 Å². The van der Waals surface area contributed by atoms with Crippen LogP contribution in [0, 0.1) is 0 Å². The first-order valence-corrected chi connectivity index (χ1v) is 9.37. The Morgan fingerprint density at radius 1 is 1.30 bits per heavy atom. The van der Waals surface area contributed by atoms with Crippen LogP contribution < -0.4 is 15.4 Å². The van der Waals surface area contributed by atoms with Gasteiger partial charge in [-0.3, -0.25) is 0 Å². The molecule has 4 N–H and O–H groups in total. The van der Waals surface area contributed by atoms with Crippen LogP contribution in [0.2, 0.25) is 0 Å². The van der Waals surface area contributed by atoms with Gasteiger partial charge in [0, 0.05) is 38.2 Å². The largest absolute Gasteiger partial charge is 0.395 e. The van der Waals surface area contributed by atoms with Crippen LogP contribution in [-0.4, -0.2) is 69.2 Å². The molecular weight excluding hydrogens is 322 g/mol. The Balaban J connectivity index is 2.02. The smallest absolute Gasteiger partial charge is 0.224 e. The van der Waals surface area contributed by atoms with E-state index >= 15 is 0 Å². The number of sulfonamides is 1. The Morgan fingerprint density at radius 3 is 2.78 bits per heavy atom. The fraction of sp³-hybridized carbons (Fsp3) is 0.692. The van der Waals surface area contributed by atoms with Crippen LogP contribution in [0.15, 0.2) is 6.07 Å². The highest BCUT2D eigenvalue weighted by Gasteiger charge is 2.20. The Hall–Kier alpha value is -1.49. The average Bonchev–Trinajstić information content (AvgIpc) is 3.03. The van der Waals surface area contributed by atoms with Gasteiger partial charge in [0.2, 0.25) is 16.0 Å². The van der Waals surface area contributed by atoms with Crippen molar-refractivity contribution in [2.24, 2.45) is 0 Å². The molecule has 2 heterocycles. The van der Waals surface area contributed by atoms with Gasteiger partial charge in [0.1, 0.15) is 5.82 Å². The summed E-state index contributed by atoms with van der Waals surface area (Å²) in [6.07, 6.45) is 2.03. The van der Waals surface area contributed by atoms with E-state index in [-0.39, 0.29) is 19.1 Å². The van der Waals surface area contributed by atoms with E-state index < -0.39 is 10.0 Å². The van der Waals surface area contributed by atoms with Gasteiger partial charge in [-0.1, -0.05) is 0 Å². The number of aliphatic hydroxyl groups is 1. The van der Waals surface area contributed by atoms with Crippen molar-refractivity contribution in [1.82, 2.24) is 14.7 Å². The minimum Gasteiger partial charge on any atom is -0.395 e. The predicted molar refractivity (Wildman–Crippen MR) is 87.1 cm³/mol. The molecule has 0 saturated carbocycles. The minimum absolute atomic E-state index is 0.0127. The molecule has 1 atom stereocenters. The molecule has 0 unspecified atom stereocenters. The van der Waals surface area contributed by atoms with Crippen LogP contribution in [0.1, 0.15) is 18.0 Å². The van der Waals surface area contributed by atoms with Gasteiger partial charge in [0.25, 0.3) is 0 Å². The molecule has 0 bridgehead atoms. The molecule has 0 aromatic carbocycles. The van der Waals surface area contributed by atoms with E-state index in [1.807, 2.05) is 6.07 Å². The van der Waals surface area contributed by atoms with Crippen molar-refractivity contribution >= 4 is 21.8 Å². The summed E-state index contributed by atoms with van der Waals surface area (Å²) in [7, 11) is -3.20. The average molecular weight is 345 g/mol. The fourth-order valence-electron chi connectivity index (χ4n) is 2.21. The summed E-state index contributed by atoms with van der Waals surface area (Å²) >= 11 is 0. The molecular formula is C13H23N5O4S. The maximum absolute atomic E-state index is 11.0. The van der Waals surface area contributed by atoms with Gasteiger partial charge in [-0.25, -0.2) is 18.1 Å². The molecule has 1 aromatic rings. The van der Waals surface area contributed by atoms with Gasteiger partial charge >= 0.3 is 0 Å². The zero-order valence-electron chi connectivity index (χ0n) is 13.1. The number of nitrogens with one attached hydrogen (secondary N) is 3. The second kappa shape index (κ2) is 8.39. The molecule has 0 spiro atoms. The van der Waals surface area contributed by atoms with Crippen molar-refractivity contribution in [2.75, 3.05) is 56.3 Å². The maximum atomic E-state index is 11.0. The minimum atomic E-state index is -3.20. The van der Waals surface area contributed by atoms with Crippen molar-refractivity contribution < 1.29 is 18.3 Å². The summed E-state index contributed by atoms with van der Waals surface area (Å²) in [6, 6.07) is 1.85. The molecule has 10 heteroatoms. The topological polar surface area (TPSA) is 125 Å². The summed E-state index contributed by atoms with van der Waals surface area (Å²) < 4.78 is 29.9. The third-order valence-electron chi connectivity index (χ3n) is 3.28. The maximum Gasteiger partial charge on any atom is 0.224 e. The third-order valence-corrected chi connectivity index (χ3v) is 4.01. The van der Waals surface area contributed by atoms with E-state index in [0.717, 1.165) is 25.0 Å². The lowest BCUT2D eigenvalue weighted by Gasteiger charge is -2.13. The van der Waals surface area contributed by atoms with Crippen LogP contribution in [0.5, 0.6) is 0 Å². The molecule has 23 heavy (non-hydrogen) atoms. The molecule has 1 fully saturated rings. The molecule has 1 aromatic heterocycles. The summed E-state index contributed by atoms with van der Waals surface area (Å²) in [6.45, 7) is 2.37. The third kappa shape index (κ3) is 6.26. The molecule has 1 aliphatic heterocycles. The van der Waals surface area contributed by atoms with Crippen LogP contribution in [0.25, 0.3) is 0 Å². The van der Waals surface area contributed by atoms with E-state index in [1.165, 1.54) is 0 Å². The zero-order valence-corrected chi connectivity index (χ0v) is 13.9. The first kappa shape index (κ1) is 17.9. The first-order valence-electron chi connectivity index (χ1n) is 7.48. The molecule has 0 amide bonds. The molecule has 130 valence electrons. The second-order valence-electron chi connectivity index (χ2n) is 5.31. The summed E-state index contributed by atoms with van der Waals surface area (Å²) in [5.74, 6) is 1.27. The van der Waals surface area contributed by atoms with Gasteiger partial charge in [-0.15, -0.1) is 0 Å². The van der Waals surface area contributed by atoms with E-state index in [0.29, 0.717) is 31.5 Å². The summed E-state index contributed by atoms with van der Waals surface area (Å²) in [5.41, 5.74) is 0.872. The first-order chi connectivity index (χ1) is 11.0. The molecule has 2 rings (SSSR count). The SMILES string of the molecule is CS(=O)(=O)NCCNc1cc([C@H]2CCOC2)nc(NCCO)n1. The molecule has 1 saturated heterocycles. The van der Waals surface area contributed by atoms with E-state index in [4.69, 9.17) is 9.84 Å². The number of hydrogen-bond donors (Lipinski definition) is 4. The van der Waals surface area contributed by atoms with Gasteiger partial charge in [-0.05, 0) is 6.42 Å². The van der Waals surface area contributed by atoms with Gasteiger partial charge in [-0.2, -0.15) is 4.98 Å². The lowest BCUT2D eigenvalue weighted by molar-refractivity contribution is 0.193. The number of aliphatic hydroxyl groups excluding tert-OH is 1. The van der Waals surface area contributed by atoms with E-state index in [1.54, 1.807) is 0 Å². The standard InChI is InChI=1S/C13H23N5O4S/c1-23(20,21)16-4-3-14-12-8-11(10-2-7-22-9-10)17-13(18-12)15-5-6-19/h8,10,16,19H,2-7,9H2,1H3,(H2,14,15,17,18)/t10-/m0/s1. The number of nitrogens with zero attached hydrogens (tertiary/aromatic N) is 2. The number of ether oxygens (including phenoxy) is 1. The number of rotatable bonds is 9.